The highest BCUT2D eigenvalue weighted by atomic mass is 32.1. The van der Waals surface area contributed by atoms with Crippen molar-refractivity contribution in [3.63, 3.8) is 0 Å². The van der Waals surface area contributed by atoms with Gasteiger partial charge in [-0.05, 0) is 19.1 Å². The van der Waals surface area contributed by atoms with E-state index in [1.165, 1.54) is 11.3 Å². The number of aromatic hydroxyl groups is 1. The molecule has 0 fully saturated rings. The van der Waals surface area contributed by atoms with E-state index in [2.05, 4.69) is 15.0 Å². The van der Waals surface area contributed by atoms with Gasteiger partial charge in [0.25, 0.3) is 0 Å². The molecule has 2 heterocycles. The second-order valence-corrected chi connectivity index (χ2v) is 4.90. The number of para-hydroxylation sites is 1. The van der Waals surface area contributed by atoms with E-state index in [4.69, 9.17) is 0 Å². The SMILES string of the molecule is Cc1nccnc1-c1csc(-c2ccccc2O)n1. The van der Waals surface area contributed by atoms with Gasteiger partial charge < -0.3 is 5.11 Å². The van der Waals surface area contributed by atoms with Gasteiger partial charge in [0.1, 0.15) is 22.1 Å². The fourth-order valence-corrected chi connectivity index (χ4v) is 2.66. The van der Waals surface area contributed by atoms with Gasteiger partial charge in [-0.3, -0.25) is 9.97 Å². The minimum Gasteiger partial charge on any atom is -0.507 e. The van der Waals surface area contributed by atoms with Gasteiger partial charge in [0.2, 0.25) is 0 Å². The highest BCUT2D eigenvalue weighted by molar-refractivity contribution is 7.13. The molecular formula is C14H11N3OS. The fraction of sp³-hybridized carbons (Fsp3) is 0.0714. The van der Waals surface area contributed by atoms with Gasteiger partial charge in [0.05, 0.1) is 11.3 Å². The Morgan fingerprint density at radius 1 is 1.11 bits per heavy atom. The third-order valence-corrected chi connectivity index (χ3v) is 3.64. The van der Waals surface area contributed by atoms with Crippen LogP contribution in [0.2, 0.25) is 0 Å². The average Bonchev–Trinajstić information content (AvgIpc) is 2.89. The van der Waals surface area contributed by atoms with Crippen LogP contribution in [-0.2, 0) is 0 Å². The number of aryl methyl sites for hydroxylation is 1. The number of phenolic OH excluding ortho intramolecular Hbond substituents is 1. The summed E-state index contributed by atoms with van der Waals surface area (Å²) in [6.07, 6.45) is 3.32. The first-order chi connectivity index (χ1) is 9.25. The van der Waals surface area contributed by atoms with E-state index in [0.29, 0.717) is 0 Å². The molecule has 3 aromatic rings. The maximum absolute atomic E-state index is 9.84. The molecule has 94 valence electrons. The molecule has 0 aliphatic heterocycles. The van der Waals surface area contributed by atoms with Crippen molar-refractivity contribution in [1.82, 2.24) is 15.0 Å². The van der Waals surface area contributed by atoms with E-state index in [0.717, 1.165) is 27.7 Å². The maximum atomic E-state index is 9.84. The van der Waals surface area contributed by atoms with Crippen LogP contribution in [0, 0.1) is 6.92 Å². The highest BCUT2D eigenvalue weighted by Gasteiger charge is 2.12. The Labute approximate surface area is 114 Å². The smallest absolute Gasteiger partial charge is 0.127 e. The molecule has 0 saturated heterocycles. The second-order valence-electron chi connectivity index (χ2n) is 4.05. The monoisotopic (exact) mass is 269 g/mol. The van der Waals surface area contributed by atoms with Gasteiger partial charge in [-0.25, -0.2) is 4.98 Å². The van der Waals surface area contributed by atoms with Crippen LogP contribution in [0.1, 0.15) is 5.69 Å². The number of hydrogen-bond donors (Lipinski definition) is 1. The lowest BCUT2D eigenvalue weighted by atomic mass is 10.2. The van der Waals surface area contributed by atoms with Gasteiger partial charge >= 0.3 is 0 Å². The summed E-state index contributed by atoms with van der Waals surface area (Å²) < 4.78 is 0. The van der Waals surface area contributed by atoms with E-state index >= 15 is 0 Å². The van der Waals surface area contributed by atoms with Crippen molar-refractivity contribution in [2.24, 2.45) is 0 Å². The quantitative estimate of drug-likeness (QED) is 0.775. The minimum atomic E-state index is 0.235. The lowest BCUT2D eigenvalue weighted by molar-refractivity contribution is 0.477. The van der Waals surface area contributed by atoms with Crippen molar-refractivity contribution in [3.05, 3.63) is 47.7 Å². The zero-order valence-electron chi connectivity index (χ0n) is 10.2. The Kier molecular flexibility index (Phi) is 2.97. The number of aromatic nitrogens is 3. The van der Waals surface area contributed by atoms with Gasteiger partial charge in [0.15, 0.2) is 0 Å². The first kappa shape index (κ1) is 11.8. The molecule has 2 aromatic heterocycles. The molecule has 19 heavy (non-hydrogen) atoms. The molecule has 1 aromatic carbocycles. The van der Waals surface area contributed by atoms with Crippen molar-refractivity contribution in [2.45, 2.75) is 6.92 Å². The Hall–Kier alpha value is -2.27. The van der Waals surface area contributed by atoms with Gasteiger partial charge in [0, 0.05) is 17.8 Å². The molecule has 0 spiro atoms. The first-order valence-corrected chi connectivity index (χ1v) is 6.65. The summed E-state index contributed by atoms with van der Waals surface area (Å²) >= 11 is 1.48. The van der Waals surface area contributed by atoms with Crippen molar-refractivity contribution >= 4 is 11.3 Å². The summed E-state index contributed by atoms with van der Waals surface area (Å²) in [6, 6.07) is 7.18. The zero-order valence-corrected chi connectivity index (χ0v) is 11.1. The van der Waals surface area contributed by atoms with E-state index in [-0.39, 0.29) is 5.75 Å². The van der Waals surface area contributed by atoms with Crippen LogP contribution in [0.25, 0.3) is 22.0 Å². The fourth-order valence-electron chi connectivity index (χ4n) is 1.82. The molecule has 0 amide bonds. The van der Waals surface area contributed by atoms with Crippen molar-refractivity contribution in [3.8, 4) is 27.7 Å². The minimum absolute atomic E-state index is 0.235. The topological polar surface area (TPSA) is 58.9 Å². The van der Waals surface area contributed by atoms with Crippen LogP contribution in [0.15, 0.2) is 42.0 Å². The Bertz CT molecular complexity index is 664. The van der Waals surface area contributed by atoms with Crippen LogP contribution in [0.4, 0.5) is 0 Å². The summed E-state index contributed by atoms with van der Waals surface area (Å²) in [5.74, 6) is 0.235. The van der Waals surface area contributed by atoms with E-state index < -0.39 is 0 Å². The molecule has 0 radical (unpaired) electrons. The third kappa shape index (κ3) is 2.20. The summed E-state index contributed by atoms with van der Waals surface area (Å²) in [5.41, 5.74) is 3.14. The number of hydrogen-bond acceptors (Lipinski definition) is 5. The molecule has 0 bridgehead atoms. The number of thiazole rings is 1. The Balaban J connectivity index is 2.06. The zero-order chi connectivity index (χ0) is 13.2. The molecule has 4 nitrogen and oxygen atoms in total. The van der Waals surface area contributed by atoms with E-state index in [1.54, 1.807) is 24.5 Å². The maximum Gasteiger partial charge on any atom is 0.127 e. The van der Waals surface area contributed by atoms with Gasteiger partial charge in [-0.2, -0.15) is 0 Å². The van der Waals surface area contributed by atoms with E-state index in [1.807, 2.05) is 24.4 Å². The van der Waals surface area contributed by atoms with Crippen LogP contribution in [-0.4, -0.2) is 20.1 Å². The average molecular weight is 269 g/mol. The van der Waals surface area contributed by atoms with Crippen LogP contribution >= 0.6 is 11.3 Å². The predicted octanol–water partition coefficient (Wildman–Crippen LogP) is 3.28. The Morgan fingerprint density at radius 2 is 1.89 bits per heavy atom. The molecule has 0 aliphatic carbocycles. The normalized spacial score (nSPS) is 10.6. The largest absolute Gasteiger partial charge is 0.507 e. The summed E-state index contributed by atoms with van der Waals surface area (Å²) in [4.78, 5) is 13.0. The van der Waals surface area contributed by atoms with Gasteiger partial charge in [-0.1, -0.05) is 12.1 Å². The summed E-state index contributed by atoms with van der Waals surface area (Å²) in [6.45, 7) is 1.90. The van der Waals surface area contributed by atoms with Crippen LogP contribution in [0.3, 0.4) is 0 Å². The molecule has 1 N–H and O–H groups in total. The Morgan fingerprint density at radius 3 is 2.68 bits per heavy atom. The molecular weight excluding hydrogens is 258 g/mol. The van der Waals surface area contributed by atoms with E-state index in [9.17, 15) is 5.11 Å². The molecule has 0 unspecified atom stereocenters. The van der Waals surface area contributed by atoms with Crippen LogP contribution in [0.5, 0.6) is 5.75 Å². The van der Waals surface area contributed by atoms with Crippen molar-refractivity contribution < 1.29 is 5.11 Å². The molecule has 3 rings (SSSR count). The van der Waals surface area contributed by atoms with Gasteiger partial charge in [-0.15, -0.1) is 11.3 Å². The lowest BCUT2D eigenvalue weighted by Crippen LogP contribution is -1.90. The van der Waals surface area contributed by atoms with Crippen LogP contribution < -0.4 is 0 Å². The molecule has 0 aliphatic rings. The van der Waals surface area contributed by atoms with Crippen molar-refractivity contribution in [2.75, 3.05) is 0 Å². The first-order valence-electron chi connectivity index (χ1n) is 5.77. The van der Waals surface area contributed by atoms with Crippen molar-refractivity contribution in [1.29, 1.82) is 0 Å². The summed E-state index contributed by atoms with van der Waals surface area (Å²) in [7, 11) is 0. The number of benzene rings is 1. The predicted molar refractivity (Wildman–Crippen MR) is 75.0 cm³/mol. The second kappa shape index (κ2) is 4.78. The number of rotatable bonds is 2. The molecule has 0 atom stereocenters. The third-order valence-electron chi connectivity index (χ3n) is 2.76. The highest BCUT2D eigenvalue weighted by Crippen LogP contribution is 2.33. The summed E-state index contributed by atoms with van der Waals surface area (Å²) in [5, 5.41) is 12.5. The number of nitrogens with zero attached hydrogens (tertiary/aromatic N) is 3. The standard InChI is InChI=1S/C14H11N3OS/c1-9-13(16-7-6-15-9)11-8-19-14(17-11)10-4-2-3-5-12(10)18/h2-8,18H,1H3. The number of phenols is 1. The lowest BCUT2D eigenvalue weighted by Gasteiger charge is -2.00. The molecule has 5 heteroatoms. The molecule has 0 saturated carbocycles.